The highest BCUT2D eigenvalue weighted by Crippen LogP contribution is 2.35. The maximum atomic E-state index is 13.5. The van der Waals surface area contributed by atoms with Crippen molar-refractivity contribution in [1.82, 2.24) is 0 Å². The van der Waals surface area contributed by atoms with Crippen LogP contribution in [-0.2, 0) is 10.0 Å². The Morgan fingerprint density at radius 2 is 1.44 bits per heavy atom. The van der Waals surface area contributed by atoms with E-state index in [0.29, 0.717) is 6.29 Å². The molecular weight excluding hydrogens is 366 g/mol. The fourth-order valence-electron chi connectivity index (χ4n) is 2.71. The first-order valence-electron chi connectivity index (χ1n) is 7.93. The third-order valence-electron chi connectivity index (χ3n) is 3.91. The summed E-state index contributed by atoms with van der Waals surface area (Å²) in [5, 5.41) is 9.52. The molecule has 3 rings (SSSR count). The molecule has 27 heavy (non-hydrogen) atoms. The molecule has 3 aromatic carbocycles. The standard InChI is InChI=1S/C20H15NO5S/c22-14-15-8-4-7-13-19(15)27(25,26)21(16-9-2-1-3-10-16)18-12-6-5-11-17(18)20(23)24/h1-14H,(H,23,24). The van der Waals surface area contributed by atoms with Crippen LogP contribution in [0.25, 0.3) is 0 Å². The number of carbonyl (C=O) groups is 2. The normalized spacial score (nSPS) is 11.0. The van der Waals surface area contributed by atoms with Crippen LogP contribution in [0, 0.1) is 0 Å². The predicted molar refractivity (Wildman–Crippen MR) is 101 cm³/mol. The third kappa shape index (κ3) is 3.45. The molecule has 0 aliphatic carbocycles. The number of hydrogen-bond acceptors (Lipinski definition) is 4. The first-order chi connectivity index (χ1) is 13.0. The van der Waals surface area contributed by atoms with Crippen molar-refractivity contribution in [2.24, 2.45) is 0 Å². The van der Waals surface area contributed by atoms with Gasteiger partial charge in [-0.1, -0.05) is 48.5 Å². The molecule has 0 fully saturated rings. The summed E-state index contributed by atoms with van der Waals surface area (Å²) < 4.78 is 27.9. The van der Waals surface area contributed by atoms with Crippen molar-refractivity contribution < 1.29 is 23.1 Å². The minimum Gasteiger partial charge on any atom is -0.478 e. The Labute approximate surface area is 156 Å². The zero-order valence-corrected chi connectivity index (χ0v) is 14.8. The van der Waals surface area contributed by atoms with Crippen molar-refractivity contribution in [3.63, 3.8) is 0 Å². The number of sulfonamides is 1. The highest BCUT2D eigenvalue weighted by Gasteiger charge is 2.31. The molecule has 0 heterocycles. The van der Waals surface area contributed by atoms with Crippen LogP contribution in [-0.4, -0.2) is 25.8 Å². The maximum Gasteiger partial charge on any atom is 0.337 e. The summed E-state index contributed by atoms with van der Waals surface area (Å²) in [6.45, 7) is 0. The predicted octanol–water partition coefficient (Wildman–Crippen LogP) is 3.72. The van der Waals surface area contributed by atoms with Crippen molar-refractivity contribution in [2.75, 3.05) is 4.31 Å². The summed E-state index contributed by atoms with van der Waals surface area (Å²) in [6, 6.07) is 19.7. The van der Waals surface area contributed by atoms with Crippen LogP contribution in [0.3, 0.4) is 0 Å². The lowest BCUT2D eigenvalue weighted by molar-refractivity contribution is 0.0697. The number of carboxylic acids is 1. The van der Waals surface area contributed by atoms with Crippen molar-refractivity contribution in [1.29, 1.82) is 0 Å². The number of hydrogen-bond donors (Lipinski definition) is 1. The molecule has 0 aliphatic rings. The van der Waals surface area contributed by atoms with Gasteiger partial charge in [0, 0.05) is 5.56 Å². The van der Waals surface area contributed by atoms with Gasteiger partial charge in [-0.15, -0.1) is 0 Å². The summed E-state index contributed by atoms with van der Waals surface area (Å²) in [4.78, 5) is 22.8. The zero-order valence-electron chi connectivity index (χ0n) is 14.0. The number of carboxylic acid groups (broad SMARTS) is 1. The molecule has 0 amide bonds. The third-order valence-corrected chi connectivity index (χ3v) is 5.72. The number of aldehydes is 1. The van der Waals surface area contributed by atoms with Gasteiger partial charge in [0.1, 0.15) is 0 Å². The van der Waals surface area contributed by atoms with Gasteiger partial charge in [-0.2, -0.15) is 0 Å². The maximum absolute atomic E-state index is 13.5. The fourth-order valence-corrected chi connectivity index (χ4v) is 4.39. The smallest absolute Gasteiger partial charge is 0.337 e. The van der Waals surface area contributed by atoms with Crippen LogP contribution < -0.4 is 4.31 Å². The largest absolute Gasteiger partial charge is 0.478 e. The number of carbonyl (C=O) groups excluding carboxylic acids is 1. The SMILES string of the molecule is O=Cc1ccccc1S(=O)(=O)N(c1ccccc1)c1ccccc1C(=O)O. The molecule has 0 atom stereocenters. The van der Waals surface area contributed by atoms with Crippen molar-refractivity contribution in [3.05, 3.63) is 90.0 Å². The molecule has 6 nitrogen and oxygen atoms in total. The van der Waals surface area contributed by atoms with Gasteiger partial charge in [-0.05, 0) is 30.3 Å². The van der Waals surface area contributed by atoms with E-state index in [-0.39, 0.29) is 27.4 Å². The molecule has 0 bridgehead atoms. The van der Waals surface area contributed by atoms with Gasteiger partial charge in [0.05, 0.1) is 21.8 Å². The lowest BCUT2D eigenvalue weighted by atomic mass is 10.1. The highest BCUT2D eigenvalue weighted by molar-refractivity contribution is 7.93. The van der Waals surface area contributed by atoms with Gasteiger partial charge in [0.2, 0.25) is 0 Å². The number of aromatic carboxylic acids is 1. The van der Waals surface area contributed by atoms with E-state index in [2.05, 4.69) is 0 Å². The van der Waals surface area contributed by atoms with Crippen molar-refractivity contribution in [3.8, 4) is 0 Å². The second-order valence-electron chi connectivity index (χ2n) is 5.58. The Hall–Kier alpha value is -3.45. The minimum absolute atomic E-state index is 0.00811. The van der Waals surface area contributed by atoms with Gasteiger partial charge in [0.15, 0.2) is 6.29 Å². The van der Waals surface area contributed by atoms with Gasteiger partial charge in [0.25, 0.3) is 10.0 Å². The van der Waals surface area contributed by atoms with E-state index in [9.17, 15) is 23.1 Å². The molecule has 0 aliphatic heterocycles. The van der Waals surface area contributed by atoms with Crippen LogP contribution in [0.15, 0.2) is 83.8 Å². The lowest BCUT2D eigenvalue weighted by Crippen LogP contribution is -2.28. The molecule has 3 aromatic rings. The lowest BCUT2D eigenvalue weighted by Gasteiger charge is -2.26. The number of anilines is 2. The van der Waals surface area contributed by atoms with Crippen LogP contribution in [0.5, 0.6) is 0 Å². The monoisotopic (exact) mass is 381 g/mol. The van der Waals surface area contributed by atoms with Crippen molar-refractivity contribution in [2.45, 2.75) is 4.90 Å². The topological polar surface area (TPSA) is 91.8 Å². The van der Waals surface area contributed by atoms with E-state index in [4.69, 9.17) is 0 Å². The van der Waals surface area contributed by atoms with Gasteiger partial charge in [-0.3, -0.25) is 4.79 Å². The number of rotatable bonds is 6. The summed E-state index contributed by atoms with van der Waals surface area (Å²) in [5.74, 6) is -1.26. The van der Waals surface area contributed by atoms with E-state index in [0.717, 1.165) is 4.31 Å². The molecule has 136 valence electrons. The van der Waals surface area contributed by atoms with Crippen LogP contribution in [0.1, 0.15) is 20.7 Å². The molecule has 0 aromatic heterocycles. The van der Waals surface area contributed by atoms with E-state index in [1.807, 2.05) is 0 Å². The minimum atomic E-state index is -4.27. The highest BCUT2D eigenvalue weighted by atomic mass is 32.2. The summed E-state index contributed by atoms with van der Waals surface area (Å²) >= 11 is 0. The Morgan fingerprint density at radius 3 is 2.11 bits per heavy atom. The van der Waals surface area contributed by atoms with Crippen LogP contribution in [0.4, 0.5) is 11.4 Å². The van der Waals surface area contributed by atoms with E-state index < -0.39 is 16.0 Å². The Bertz CT molecular complexity index is 1090. The fraction of sp³-hybridized carbons (Fsp3) is 0. The molecule has 1 N–H and O–H groups in total. The number of benzene rings is 3. The zero-order chi connectivity index (χ0) is 19.4. The van der Waals surface area contributed by atoms with E-state index >= 15 is 0 Å². The van der Waals surface area contributed by atoms with Crippen molar-refractivity contribution >= 4 is 33.7 Å². The summed E-state index contributed by atoms with van der Waals surface area (Å²) in [5.41, 5.74) is 0.0588. The van der Waals surface area contributed by atoms with E-state index in [1.54, 1.807) is 42.5 Å². The molecular formula is C20H15NO5S. The second kappa shape index (κ2) is 7.43. The number of nitrogens with zero attached hydrogens (tertiary/aromatic N) is 1. The summed E-state index contributed by atoms with van der Waals surface area (Å²) in [7, 11) is -4.27. The molecule has 0 saturated heterocycles. The molecule has 0 radical (unpaired) electrons. The van der Waals surface area contributed by atoms with Crippen LogP contribution in [0.2, 0.25) is 0 Å². The Morgan fingerprint density at radius 1 is 0.852 bits per heavy atom. The van der Waals surface area contributed by atoms with Crippen LogP contribution >= 0.6 is 0 Å². The van der Waals surface area contributed by atoms with Gasteiger partial charge < -0.3 is 5.11 Å². The first kappa shape index (κ1) is 18.3. The second-order valence-corrected chi connectivity index (χ2v) is 7.34. The average Bonchev–Trinajstić information content (AvgIpc) is 2.69. The van der Waals surface area contributed by atoms with E-state index in [1.165, 1.54) is 36.4 Å². The molecule has 7 heteroatoms. The molecule has 0 saturated carbocycles. The quantitative estimate of drug-likeness (QED) is 0.657. The van der Waals surface area contributed by atoms with Gasteiger partial charge in [-0.25, -0.2) is 17.5 Å². The van der Waals surface area contributed by atoms with Gasteiger partial charge >= 0.3 is 5.97 Å². The first-order valence-corrected chi connectivity index (χ1v) is 9.37. The summed E-state index contributed by atoms with van der Waals surface area (Å²) in [6.07, 6.45) is 0.457. The average molecular weight is 381 g/mol. The molecule has 0 unspecified atom stereocenters. The number of para-hydroxylation sites is 2. The Balaban J connectivity index is 2.33. The molecule has 0 spiro atoms. The Kier molecular flexibility index (Phi) is 5.05.